The van der Waals surface area contributed by atoms with E-state index in [1.807, 2.05) is 0 Å². The summed E-state index contributed by atoms with van der Waals surface area (Å²) >= 11 is 0. The molecule has 1 aliphatic rings. The Morgan fingerprint density at radius 3 is 2.63 bits per heavy atom. The number of aromatic nitrogens is 2. The third-order valence-corrected chi connectivity index (χ3v) is 3.49. The quantitative estimate of drug-likeness (QED) is 0.759. The molecule has 0 bridgehead atoms. The van der Waals surface area contributed by atoms with E-state index in [9.17, 15) is 5.11 Å². The van der Waals surface area contributed by atoms with E-state index in [0.29, 0.717) is 18.2 Å². The fourth-order valence-corrected chi connectivity index (χ4v) is 2.11. The molecule has 0 spiro atoms. The Balaban J connectivity index is 2.16. The van der Waals surface area contributed by atoms with E-state index in [2.05, 4.69) is 36.1 Å². The number of nitrogen functional groups attached to an aromatic ring is 1. The van der Waals surface area contributed by atoms with E-state index < -0.39 is 0 Å². The molecule has 1 unspecified atom stereocenters. The Bertz CT molecular complexity index is 438. The van der Waals surface area contributed by atoms with E-state index in [-0.39, 0.29) is 18.1 Å². The molecule has 5 nitrogen and oxygen atoms in total. The van der Waals surface area contributed by atoms with Crippen molar-refractivity contribution in [3.8, 4) is 0 Å². The van der Waals surface area contributed by atoms with Gasteiger partial charge in [0.15, 0.2) is 0 Å². The maximum absolute atomic E-state index is 9.19. The van der Waals surface area contributed by atoms with E-state index in [0.717, 1.165) is 24.5 Å². The number of aliphatic hydroxyl groups is 1. The van der Waals surface area contributed by atoms with Crippen LogP contribution >= 0.6 is 0 Å². The molecule has 4 N–H and O–H groups in total. The molecule has 1 aromatic rings. The van der Waals surface area contributed by atoms with Crippen molar-refractivity contribution < 1.29 is 5.11 Å². The molecule has 1 aromatic heterocycles. The van der Waals surface area contributed by atoms with Crippen molar-refractivity contribution in [3.63, 3.8) is 0 Å². The highest BCUT2D eigenvalue weighted by Crippen LogP contribution is 2.38. The molecule has 0 amide bonds. The van der Waals surface area contributed by atoms with Crippen molar-refractivity contribution in [2.75, 3.05) is 17.7 Å². The molecule has 0 aromatic carbocycles. The highest BCUT2D eigenvalue weighted by molar-refractivity contribution is 5.46. The number of nitrogens with zero attached hydrogens (tertiary/aromatic N) is 2. The number of hydrogen-bond acceptors (Lipinski definition) is 5. The van der Waals surface area contributed by atoms with Crippen molar-refractivity contribution in [1.29, 1.82) is 0 Å². The van der Waals surface area contributed by atoms with Crippen molar-refractivity contribution in [3.05, 3.63) is 11.9 Å². The minimum atomic E-state index is 0.0438. The summed E-state index contributed by atoms with van der Waals surface area (Å²) < 4.78 is 0. The van der Waals surface area contributed by atoms with E-state index >= 15 is 0 Å². The number of nitrogens with two attached hydrogens (primary N) is 1. The first-order valence-electron chi connectivity index (χ1n) is 6.92. The molecule has 0 aliphatic heterocycles. The van der Waals surface area contributed by atoms with E-state index in [1.165, 1.54) is 0 Å². The van der Waals surface area contributed by atoms with Crippen LogP contribution in [0.1, 0.15) is 51.8 Å². The van der Waals surface area contributed by atoms with Crippen molar-refractivity contribution >= 4 is 11.6 Å². The van der Waals surface area contributed by atoms with Crippen LogP contribution in [0.4, 0.5) is 11.6 Å². The van der Waals surface area contributed by atoms with Gasteiger partial charge in [-0.25, -0.2) is 9.97 Å². The summed E-state index contributed by atoms with van der Waals surface area (Å²) in [6, 6.07) is 1.92. The summed E-state index contributed by atoms with van der Waals surface area (Å²) in [4.78, 5) is 8.84. The average molecular weight is 264 g/mol. The number of nitrogens with one attached hydrogen (secondary N) is 1. The maximum atomic E-state index is 9.19. The Morgan fingerprint density at radius 1 is 1.42 bits per heavy atom. The minimum absolute atomic E-state index is 0.0438. The summed E-state index contributed by atoms with van der Waals surface area (Å²) in [7, 11) is 0. The van der Waals surface area contributed by atoms with Gasteiger partial charge in [0.1, 0.15) is 17.5 Å². The van der Waals surface area contributed by atoms with Gasteiger partial charge in [-0.05, 0) is 24.7 Å². The fraction of sp³-hybridized carbons (Fsp3) is 0.714. The Labute approximate surface area is 114 Å². The zero-order valence-electron chi connectivity index (χ0n) is 12.0. The number of aliphatic hydroxyl groups excluding tert-OH is 1. The van der Waals surface area contributed by atoms with Gasteiger partial charge < -0.3 is 16.2 Å². The van der Waals surface area contributed by atoms with Gasteiger partial charge in [-0.1, -0.05) is 20.8 Å². The SMILES string of the molecule is CC(C)(C)C(CCO)Nc1cc(N)nc(C2CC2)n1. The largest absolute Gasteiger partial charge is 0.396 e. The monoisotopic (exact) mass is 264 g/mol. The second-order valence-corrected chi connectivity index (χ2v) is 6.39. The van der Waals surface area contributed by atoms with Crippen molar-refractivity contribution in [2.45, 2.75) is 52.0 Å². The number of anilines is 2. The molecule has 2 rings (SSSR count). The Kier molecular flexibility index (Phi) is 3.94. The molecule has 1 atom stereocenters. The van der Waals surface area contributed by atoms with Crippen LogP contribution in [-0.4, -0.2) is 27.7 Å². The van der Waals surface area contributed by atoms with Crippen molar-refractivity contribution in [1.82, 2.24) is 9.97 Å². The Morgan fingerprint density at radius 2 is 2.11 bits per heavy atom. The molecule has 1 heterocycles. The van der Waals surface area contributed by atoms with Gasteiger partial charge in [-0.3, -0.25) is 0 Å². The Hall–Kier alpha value is -1.36. The second-order valence-electron chi connectivity index (χ2n) is 6.39. The van der Waals surface area contributed by atoms with Gasteiger partial charge in [-0.15, -0.1) is 0 Å². The smallest absolute Gasteiger partial charge is 0.136 e. The van der Waals surface area contributed by atoms with Crippen LogP contribution in [0.15, 0.2) is 6.07 Å². The summed E-state index contributed by atoms with van der Waals surface area (Å²) in [5.41, 5.74) is 5.89. The molecule has 1 fully saturated rings. The zero-order valence-corrected chi connectivity index (χ0v) is 12.0. The van der Waals surface area contributed by atoms with E-state index in [4.69, 9.17) is 5.73 Å². The third kappa shape index (κ3) is 3.80. The molecular weight excluding hydrogens is 240 g/mol. The molecule has 19 heavy (non-hydrogen) atoms. The van der Waals surface area contributed by atoms with Crippen LogP contribution < -0.4 is 11.1 Å². The molecule has 106 valence electrons. The third-order valence-electron chi connectivity index (χ3n) is 3.49. The predicted octanol–water partition coefficient (Wildman–Crippen LogP) is 2.15. The van der Waals surface area contributed by atoms with Crippen LogP contribution in [-0.2, 0) is 0 Å². The van der Waals surface area contributed by atoms with Crippen LogP contribution in [0.5, 0.6) is 0 Å². The first kappa shape index (κ1) is 14.1. The number of rotatable bonds is 5. The van der Waals surface area contributed by atoms with Crippen molar-refractivity contribution in [2.24, 2.45) is 5.41 Å². The summed E-state index contributed by atoms with van der Waals surface area (Å²) in [6.07, 6.45) is 3.00. The topological polar surface area (TPSA) is 84.1 Å². The zero-order chi connectivity index (χ0) is 14.0. The lowest BCUT2D eigenvalue weighted by Gasteiger charge is -2.31. The van der Waals surface area contributed by atoms with Crippen LogP contribution in [0, 0.1) is 5.41 Å². The van der Waals surface area contributed by atoms with Gasteiger partial charge in [-0.2, -0.15) is 0 Å². The molecule has 1 saturated carbocycles. The summed E-state index contributed by atoms with van der Waals surface area (Å²) in [5, 5.41) is 12.6. The summed E-state index contributed by atoms with van der Waals surface area (Å²) in [5.74, 6) is 2.60. The first-order chi connectivity index (χ1) is 8.90. The lowest BCUT2D eigenvalue weighted by molar-refractivity contribution is 0.235. The highest BCUT2D eigenvalue weighted by Gasteiger charge is 2.28. The average Bonchev–Trinajstić information content (AvgIpc) is 3.10. The molecule has 5 heteroatoms. The highest BCUT2D eigenvalue weighted by atomic mass is 16.3. The normalized spacial score (nSPS) is 17.3. The lowest BCUT2D eigenvalue weighted by atomic mass is 9.85. The minimum Gasteiger partial charge on any atom is -0.396 e. The summed E-state index contributed by atoms with van der Waals surface area (Å²) in [6.45, 7) is 6.59. The van der Waals surface area contributed by atoms with Gasteiger partial charge in [0.25, 0.3) is 0 Å². The first-order valence-corrected chi connectivity index (χ1v) is 6.92. The van der Waals surface area contributed by atoms with Gasteiger partial charge in [0, 0.05) is 24.6 Å². The molecule has 1 aliphatic carbocycles. The molecule has 0 saturated heterocycles. The van der Waals surface area contributed by atoms with Gasteiger partial charge in [0.2, 0.25) is 0 Å². The van der Waals surface area contributed by atoms with Crippen LogP contribution in [0.2, 0.25) is 0 Å². The van der Waals surface area contributed by atoms with Crippen LogP contribution in [0.3, 0.4) is 0 Å². The number of hydrogen-bond donors (Lipinski definition) is 3. The predicted molar refractivity (Wildman–Crippen MR) is 77.0 cm³/mol. The van der Waals surface area contributed by atoms with Gasteiger partial charge in [0.05, 0.1) is 0 Å². The molecular formula is C14H24N4O. The van der Waals surface area contributed by atoms with Gasteiger partial charge >= 0.3 is 0 Å². The maximum Gasteiger partial charge on any atom is 0.136 e. The van der Waals surface area contributed by atoms with Crippen LogP contribution in [0.25, 0.3) is 0 Å². The lowest BCUT2D eigenvalue weighted by Crippen LogP contribution is -2.35. The van der Waals surface area contributed by atoms with E-state index in [1.54, 1.807) is 6.07 Å². The second kappa shape index (κ2) is 5.33. The molecule has 0 radical (unpaired) electrons. The fourth-order valence-electron chi connectivity index (χ4n) is 2.11. The standard InChI is InChI=1S/C14H24N4O/c1-14(2,3)10(6-7-19)16-12-8-11(15)17-13(18-12)9-4-5-9/h8-10,19H,4-7H2,1-3H3,(H3,15,16,17,18).